The van der Waals surface area contributed by atoms with Gasteiger partial charge in [-0.15, -0.1) is 0 Å². The number of rotatable bonds is 24. The van der Waals surface area contributed by atoms with Crippen LogP contribution in [-0.2, 0) is 62.3 Å². The molecule has 1 aliphatic heterocycles. The van der Waals surface area contributed by atoms with E-state index in [1.54, 1.807) is 50.5 Å². The van der Waals surface area contributed by atoms with Gasteiger partial charge in [0.1, 0.15) is 66.4 Å². The molecular formula is C49H61N9O15. The van der Waals surface area contributed by atoms with Gasteiger partial charge >= 0.3 is 5.97 Å². The molecular weight excluding hydrogens is 955 g/mol. The fourth-order valence-electron chi connectivity index (χ4n) is 8.29. The summed E-state index contributed by atoms with van der Waals surface area (Å²) in [4.78, 5) is 102. The van der Waals surface area contributed by atoms with Crippen LogP contribution in [0.5, 0.6) is 5.75 Å². The van der Waals surface area contributed by atoms with Crippen molar-refractivity contribution in [2.75, 3.05) is 13.2 Å². The van der Waals surface area contributed by atoms with Gasteiger partial charge in [0.25, 0.3) is 0 Å². The molecule has 1 aliphatic rings. The highest BCUT2D eigenvalue weighted by molar-refractivity contribution is 5.98. The summed E-state index contributed by atoms with van der Waals surface area (Å²) in [6, 6.07) is 11.0. The van der Waals surface area contributed by atoms with Gasteiger partial charge in [0.2, 0.25) is 35.4 Å². The van der Waals surface area contributed by atoms with Crippen molar-refractivity contribution in [1.82, 2.24) is 36.6 Å². The fourth-order valence-corrected chi connectivity index (χ4v) is 8.29. The first-order valence-corrected chi connectivity index (χ1v) is 23.3. The predicted molar refractivity (Wildman–Crippen MR) is 259 cm³/mol. The van der Waals surface area contributed by atoms with Crippen LogP contribution in [0.25, 0.3) is 21.8 Å². The van der Waals surface area contributed by atoms with Gasteiger partial charge < -0.3 is 88.1 Å². The van der Waals surface area contributed by atoms with Gasteiger partial charge in [-0.25, -0.2) is 0 Å². The average molecular weight is 1020 g/mol. The fraction of sp³-hybridized carbons (Fsp3) is 0.408. The number of fused-ring (bicyclic) bond motifs is 2. The topological polar surface area (TPSA) is 403 Å². The Labute approximate surface area is 417 Å². The number of carbonyl (C=O) groups excluding carboxylic acids is 6. The maximum atomic E-state index is 14.6. The number of para-hydroxylation sites is 2. The second-order valence-electron chi connectivity index (χ2n) is 18.1. The molecule has 3 heterocycles. The Hall–Kier alpha value is -7.45. The molecule has 392 valence electrons. The Kier molecular flexibility index (Phi) is 18.6. The number of H-pyrrole nitrogens is 2. The zero-order valence-electron chi connectivity index (χ0n) is 39.8. The van der Waals surface area contributed by atoms with Crippen molar-refractivity contribution in [2.45, 2.75) is 106 Å². The Morgan fingerprint density at radius 2 is 1.16 bits per heavy atom. The lowest BCUT2D eigenvalue weighted by molar-refractivity contribution is -0.301. The number of nitrogens with two attached hydrogens (primary N) is 2. The summed E-state index contributed by atoms with van der Waals surface area (Å²) < 4.78 is 10.6. The van der Waals surface area contributed by atoms with Crippen LogP contribution in [0.15, 0.2) is 85.2 Å². The number of phenols is 1. The first kappa shape index (κ1) is 54.9. The molecule has 2 aromatic heterocycles. The molecule has 0 radical (unpaired) electrons. The van der Waals surface area contributed by atoms with Gasteiger partial charge in [-0.3, -0.25) is 33.6 Å². The third-order valence-electron chi connectivity index (χ3n) is 12.4. The molecule has 1 saturated heterocycles. The number of carboxylic acids is 1. The van der Waals surface area contributed by atoms with Crippen molar-refractivity contribution in [2.24, 2.45) is 17.4 Å². The van der Waals surface area contributed by atoms with E-state index in [0.717, 1.165) is 10.9 Å². The number of ether oxygens (including phenoxy) is 2. The minimum Gasteiger partial charge on any atom is -0.508 e. The number of phenolic OH excluding ortho intramolecular Hbond substituents is 1. The zero-order valence-corrected chi connectivity index (χ0v) is 39.8. The van der Waals surface area contributed by atoms with Crippen molar-refractivity contribution < 1.29 is 73.7 Å². The molecule has 0 spiro atoms. The first-order valence-electron chi connectivity index (χ1n) is 23.3. The van der Waals surface area contributed by atoms with Crippen molar-refractivity contribution in [3.05, 3.63) is 102 Å². The number of aromatic hydroxyl groups is 1. The van der Waals surface area contributed by atoms with Gasteiger partial charge in [-0.2, -0.15) is 0 Å². The van der Waals surface area contributed by atoms with E-state index in [4.69, 9.17) is 20.9 Å². The molecule has 0 aliphatic carbocycles. The molecule has 0 unspecified atom stereocenters. The summed E-state index contributed by atoms with van der Waals surface area (Å²) in [5.74, 6) is -7.94. The third-order valence-corrected chi connectivity index (χ3v) is 12.4. The van der Waals surface area contributed by atoms with Gasteiger partial charge in [0, 0.05) is 53.5 Å². The van der Waals surface area contributed by atoms with E-state index in [-0.39, 0.29) is 25.0 Å². The number of aliphatic hydroxyl groups excluding tert-OH is 4. The van der Waals surface area contributed by atoms with Crippen molar-refractivity contribution in [1.29, 1.82) is 0 Å². The highest BCUT2D eigenvalue weighted by Gasteiger charge is 2.44. The Balaban J connectivity index is 1.22. The van der Waals surface area contributed by atoms with Gasteiger partial charge in [0.15, 0.2) is 6.29 Å². The molecule has 5 aromatic rings. The average Bonchev–Trinajstić information content (AvgIpc) is 3.97. The number of aliphatic hydroxyl groups is 4. The minimum atomic E-state index is -1.88. The monoisotopic (exact) mass is 1020 g/mol. The standard InChI is InChI=1S/C49H61N9O15/c1-23(2)39(48(71)54-33(43(51)66)16-25-19-52-31-9-5-3-7-28(25)31)58-47(70)35(17-26-20-53-32-10-6-4-8-29(26)32)57-45(68)34(15-24-11-13-27(60)14-12-24)56-46(69)36(18-38(61)62)55-44(67)30(50)22-72-49-42(65)41(64)40(63)37(21-59)73-49/h3-14,19-20,23,30,33-37,39-42,49,52-53,59-60,63-65H,15-18,21-22,50H2,1-2H3,(H2,51,66)(H,54,71)(H,55,67)(H,56,69)(H,57,68)(H,58,70)(H,61,62)/t30-,33-,34-,35-,36-,37+,39-,40+,41-,42+,49+/m0/s1. The number of nitrogens with one attached hydrogen (secondary N) is 7. The summed E-state index contributed by atoms with van der Waals surface area (Å²) in [5, 5.41) is 74.0. The van der Waals surface area contributed by atoms with Crippen LogP contribution < -0.4 is 38.1 Å². The molecule has 0 bridgehead atoms. The highest BCUT2D eigenvalue weighted by atomic mass is 16.7. The SMILES string of the molecule is CC(C)[C@H](NC(=O)[C@H](Cc1c[nH]c2ccccc12)NC(=O)[C@H](Cc1ccc(O)cc1)NC(=O)[C@H](CC(=O)O)NC(=O)[C@@H](N)CO[C@@H]1O[C@H](CO)[C@@H](O)[C@H](O)[C@H]1O)C(=O)N[C@@H](Cc1c[nH]c2ccccc12)C(N)=O. The normalized spacial score (nSPS) is 20.2. The summed E-state index contributed by atoms with van der Waals surface area (Å²) in [5.41, 5.74) is 14.9. The number of amides is 6. The van der Waals surface area contributed by atoms with E-state index in [1.165, 1.54) is 24.3 Å². The molecule has 3 aromatic carbocycles. The number of benzene rings is 3. The highest BCUT2D eigenvalue weighted by Crippen LogP contribution is 2.24. The van der Waals surface area contributed by atoms with E-state index in [1.807, 2.05) is 24.3 Å². The van der Waals surface area contributed by atoms with Crippen LogP contribution in [0.3, 0.4) is 0 Å². The van der Waals surface area contributed by atoms with Crippen LogP contribution in [0.4, 0.5) is 0 Å². The summed E-state index contributed by atoms with van der Waals surface area (Å²) >= 11 is 0. The summed E-state index contributed by atoms with van der Waals surface area (Å²) in [6.07, 6.45) is -6.45. The number of hydrogen-bond acceptors (Lipinski definition) is 15. The largest absolute Gasteiger partial charge is 0.508 e. The maximum Gasteiger partial charge on any atom is 0.305 e. The number of carbonyl (C=O) groups is 7. The van der Waals surface area contributed by atoms with Crippen molar-refractivity contribution in [3.63, 3.8) is 0 Å². The number of hydrogen-bond donors (Lipinski definition) is 15. The van der Waals surface area contributed by atoms with Crippen LogP contribution in [-0.4, -0.2) is 162 Å². The molecule has 6 amide bonds. The Bertz CT molecular complexity index is 2750. The summed E-state index contributed by atoms with van der Waals surface area (Å²) in [6.45, 7) is 1.81. The zero-order chi connectivity index (χ0) is 53.1. The van der Waals surface area contributed by atoms with E-state index in [0.29, 0.717) is 27.6 Å². The number of aliphatic carboxylic acids is 1. The summed E-state index contributed by atoms with van der Waals surface area (Å²) in [7, 11) is 0. The molecule has 24 nitrogen and oxygen atoms in total. The van der Waals surface area contributed by atoms with Crippen LogP contribution >= 0.6 is 0 Å². The third kappa shape index (κ3) is 14.2. The Morgan fingerprint density at radius 1 is 0.658 bits per heavy atom. The smallest absolute Gasteiger partial charge is 0.305 e. The van der Waals surface area contributed by atoms with Crippen LogP contribution in [0.1, 0.15) is 37.0 Å². The molecule has 0 saturated carbocycles. The molecule has 24 heteroatoms. The van der Waals surface area contributed by atoms with E-state index in [9.17, 15) is 64.2 Å². The van der Waals surface area contributed by atoms with Gasteiger partial charge in [0.05, 0.1) is 19.6 Å². The van der Waals surface area contributed by atoms with Gasteiger partial charge in [-0.1, -0.05) is 62.4 Å². The molecule has 11 atom stereocenters. The molecule has 17 N–H and O–H groups in total. The maximum absolute atomic E-state index is 14.6. The number of primary amides is 1. The molecule has 6 rings (SSSR count). The first-order chi connectivity index (χ1) is 34.7. The predicted octanol–water partition coefficient (Wildman–Crippen LogP) is -2.43. The molecule has 1 fully saturated rings. The lowest BCUT2D eigenvalue weighted by Gasteiger charge is -2.39. The second kappa shape index (κ2) is 24.8. The number of aromatic nitrogens is 2. The van der Waals surface area contributed by atoms with Crippen molar-refractivity contribution in [3.8, 4) is 5.75 Å². The number of aromatic amines is 2. The molecule has 73 heavy (non-hydrogen) atoms. The van der Waals surface area contributed by atoms with E-state index < -0.39 is 134 Å². The lowest BCUT2D eigenvalue weighted by Crippen LogP contribution is -2.61. The Morgan fingerprint density at radius 3 is 1.71 bits per heavy atom. The van der Waals surface area contributed by atoms with Gasteiger partial charge in [-0.05, 0) is 46.9 Å². The van der Waals surface area contributed by atoms with Crippen LogP contribution in [0.2, 0.25) is 0 Å². The van der Waals surface area contributed by atoms with E-state index in [2.05, 4.69) is 36.6 Å². The number of carboxylic acid groups (broad SMARTS) is 1. The van der Waals surface area contributed by atoms with E-state index >= 15 is 0 Å². The minimum absolute atomic E-state index is 0.0288. The second-order valence-corrected chi connectivity index (χ2v) is 18.1. The van der Waals surface area contributed by atoms with Crippen LogP contribution in [0, 0.1) is 5.92 Å². The van der Waals surface area contributed by atoms with Crippen molar-refractivity contribution >= 4 is 63.2 Å². The quantitative estimate of drug-likeness (QED) is 0.0306. The lowest BCUT2D eigenvalue weighted by atomic mass is 9.98.